The second kappa shape index (κ2) is 8.67. The molecule has 9 nitrogen and oxygen atoms in total. The van der Waals surface area contributed by atoms with Crippen molar-refractivity contribution in [3.8, 4) is 0 Å². The minimum atomic E-state index is -2.67. The van der Waals surface area contributed by atoms with E-state index < -0.39 is 10.8 Å². The van der Waals surface area contributed by atoms with Crippen molar-refractivity contribution in [2.24, 2.45) is 5.41 Å². The molecule has 3 aromatic rings. The zero-order chi connectivity index (χ0) is 25.8. The summed E-state index contributed by atoms with van der Waals surface area (Å²) in [6.07, 6.45) is 7.43. The van der Waals surface area contributed by atoms with Crippen molar-refractivity contribution in [2.45, 2.75) is 44.4 Å². The summed E-state index contributed by atoms with van der Waals surface area (Å²) in [6, 6.07) is 7.83. The Morgan fingerprint density at radius 1 is 0.973 bits per heavy atom. The van der Waals surface area contributed by atoms with Gasteiger partial charge in [0.25, 0.3) is 17.5 Å². The van der Waals surface area contributed by atoms with E-state index in [1.54, 1.807) is 24.5 Å². The Balaban J connectivity index is 1.29. The number of fused-ring (bicyclic) bond motifs is 1. The van der Waals surface area contributed by atoms with Gasteiger partial charge < -0.3 is 15.1 Å². The number of pyridine rings is 1. The third-order valence-corrected chi connectivity index (χ3v) is 8.12. The number of nitro groups is 1. The number of nitrogens with zero attached hydrogens (tertiary/aromatic N) is 5. The Kier molecular flexibility index (Phi) is 5.54. The number of nitrogens with one attached hydrogen (secondary N) is 1. The second-order valence-electron chi connectivity index (χ2n) is 10.5. The number of alkyl halides is 2. The van der Waals surface area contributed by atoms with Gasteiger partial charge in [-0.2, -0.15) is 0 Å². The Bertz CT molecular complexity index is 1370. The molecule has 11 heteroatoms. The van der Waals surface area contributed by atoms with Crippen molar-refractivity contribution >= 4 is 34.4 Å². The van der Waals surface area contributed by atoms with Crippen molar-refractivity contribution in [2.75, 3.05) is 41.3 Å². The first-order valence-corrected chi connectivity index (χ1v) is 12.7. The first kappa shape index (κ1) is 23.6. The number of benzene rings is 1. The van der Waals surface area contributed by atoms with E-state index >= 15 is 0 Å². The monoisotopic (exact) mass is 510 g/mol. The quantitative estimate of drug-likeness (QED) is 0.379. The minimum absolute atomic E-state index is 0.0544. The van der Waals surface area contributed by atoms with Gasteiger partial charge in [-0.15, -0.1) is 0 Å². The van der Waals surface area contributed by atoms with Gasteiger partial charge in [-0.05, 0) is 37.2 Å². The zero-order valence-electron chi connectivity index (χ0n) is 20.3. The molecule has 1 saturated carbocycles. The van der Waals surface area contributed by atoms with Gasteiger partial charge in [0.15, 0.2) is 0 Å². The average Bonchev–Trinajstić information content (AvgIpc) is 3.45. The Hall–Kier alpha value is -3.76. The van der Waals surface area contributed by atoms with E-state index in [1.165, 1.54) is 31.0 Å². The standard InChI is InChI=1S/C26H28F2N6O3/c27-26(28)7-12-32(13-8-26)23-16-18(15-22-29-9-14-33(22)23)30-24(35)20-2-1-19(34(36)37)17-21(20)31-10-5-25(3-4-25)6-11-31/h1-2,9,14-17H,3-8,10-13H2,(H,30,35). The summed E-state index contributed by atoms with van der Waals surface area (Å²) in [6.45, 7) is 1.90. The molecular weight excluding hydrogens is 482 g/mol. The summed E-state index contributed by atoms with van der Waals surface area (Å²) in [7, 11) is 0. The number of aromatic nitrogens is 2. The van der Waals surface area contributed by atoms with Crippen LogP contribution in [0, 0.1) is 15.5 Å². The van der Waals surface area contributed by atoms with E-state index in [2.05, 4.69) is 15.2 Å². The van der Waals surface area contributed by atoms with Crippen molar-refractivity contribution in [3.63, 3.8) is 0 Å². The van der Waals surface area contributed by atoms with Gasteiger partial charge in [0.1, 0.15) is 11.5 Å². The molecule has 2 aliphatic heterocycles. The molecule has 194 valence electrons. The zero-order valence-corrected chi connectivity index (χ0v) is 20.3. The van der Waals surface area contributed by atoms with Crippen LogP contribution >= 0.6 is 0 Å². The lowest BCUT2D eigenvalue weighted by Crippen LogP contribution is -2.40. The highest BCUT2D eigenvalue weighted by molar-refractivity contribution is 6.08. The fourth-order valence-electron chi connectivity index (χ4n) is 5.57. The number of non-ortho nitro benzene ring substituents is 1. The van der Waals surface area contributed by atoms with Gasteiger partial charge in [-0.3, -0.25) is 19.3 Å². The highest BCUT2D eigenvalue weighted by Crippen LogP contribution is 2.54. The number of carbonyl (C=O) groups excluding carboxylic acids is 1. The molecule has 4 heterocycles. The summed E-state index contributed by atoms with van der Waals surface area (Å²) in [5, 5.41) is 14.4. The summed E-state index contributed by atoms with van der Waals surface area (Å²) in [5.41, 5.74) is 2.35. The molecule has 1 N–H and O–H groups in total. The molecule has 0 radical (unpaired) electrons. The highest BCUT2D eigenvalue weighted by Gasteiger charge is 2.44. The number of piperidine rings is 2. The molecule has 1 spiro atoms. The van der Waals surface area contributed by atoms with Crippen LogP contribution in [0.2, 0.25) is 0 Å². The van der Waals surface area contributed by atoms with E-state index in [-0.39, 0.29) is 37.5 Å². The summed E-state index contributed by atoms with van der Waals surface area (Å²) in [5.74, 6) is -2.38. The van der Waals surface area contributed by atoms with Crippen LogP contribution in [0.25, 0.3) is 5.65 Å². The Morgan fingerprint density at radius 3 is 2.35 bits per heavy atom. The number of hydrogen-bond acceptors (Lipinski definition) is 6. The largest absolute Gasteiger partial charge is 0.371 e. The SMILES string of the molecule is O=C(Nc1cc(N2CCC(F)(F)CC2)n2ccnc2c1)c1ccc([N+](=O)[O-])cc1N1CCC2(CC1)CC2. The van der Waals surface area contributed by atoms with Gasteiger partial charge in [-0.1, -0.05) is 0 Å². The molecule has 2 saturated heterocycles. The third kappa shape index (κ3) is 4.58. The maximum atomic E-state index is 13.8. The van der Waals surface area contributed by atoms with Crippen LogP contribution in [-0.2, 0) is 0 Å². The molecule has 3 fully saturated rings. The molecule has 6 rings (SSSR count). The number of halogens is 2. The van der Waals surface area contributed by atoms with E-state index in [0.29, 0.717) is 33.8 Å². The van der Waals surface area contributed by atoms with Crippen molar-refractivity contribution < 1.29 is 18.5 Å². The van der Waals surface area contributed by atoms with Gasteiger partial charge in [-0.25, -0.2) is 13.8 Å². The number of nitro benzene ring substituents is 1. The number of hydrogen-bond donors (Lipinski definition) is 1. The first-order chi connectivity index (χ1) is 17.7. The predicted octanol–water partition coefficient (Wildman–Crippen LogP) is 5.11. The van der Waals surface area contributed by atoms with Crippen LogP contribution in [0.3, 0.4) is 0 Å². The van der Waals surface area contributed by atoms with E-state index in [9.17, 15) is 23.7 Å². The number of carbonyl (C=O) groups is 1. The molecule has 3 aliphatic rings. The molecule has 2 aromatic heterocycles. The lowest BCUT2D eigenvalue weighted by Gasteiger charge is -2.34. The topological polar surface area (TPSA) is 96.0 Å². The van der Waals surface area contributed by atoms with Crippen molar-refractivity contribution in [1.82, 2.24) is 9.38 Å². The van der Waals surface area contributed by atoms with E-state index in [0.717, 1.165) is 25.9 Å². The van der Waals surface area contributed by atoms with Crippen molar-refractivity contribution in [3.05, 3.63) is 58.4 Å². The molecule has 1 aliphatic carbocycles. The lowest BCUT2D eigenvalue weighted by atomic mass is 9.93. The van der Waals surface area contributed by atoms with Gasteiger partial charge >= 0.3 is 0 Å². The Labute approximate surface area is 212 Å². The fourth-order valence-corrected chi connectivity index (χ4v) is 5.57. The number of imidazole rings is 1. The summed E-state index contributed by atoms with van der Waals surface area (Å²) >= 11 is 0. The normalized spacial score (nSPS) is 20.3. The molecular formula is C26H28F2N6O3. The lowest BCUT2D eigenvalue weighted by molar-refractivity contribution is -0.384. The summed E-state index contributed by atoms with van der Waals surface area (Å²) in [4.78, 5) is 32.8. The highest BCUT2D eigenvalue weighted by atomic mass is 19.3. The molecule has 0 bridgehead atoms. The Morgan fingerprint density at radius 2 is 1.68 bits per heavy atom. The van der Waals surface area contributed by atoms with Crippen LogP contribution in [-0.4, -0.2) is 52.3 Å². The summed E-state index contributed by atoms with van der Waals surface area (Å²) < 4.78 is 29.3. The van der Waals surface area contributed by atoms with E-state index in [4.69, 9.17) is 0 Å². The number of anilines is 3. The number of amides is 1. The minimum Gasteiger partial charge on any atom is -0.371 e. The first-order valence-electron chi connectivity index (χ1n) is 12.7. The fraction of sp³-hybridized carbons (Fsp3) is 0.462. The molecule has 0 atom stereocenters. The van der Waals surface area contributed by atoms with E-state index in [1.807, 2.05) is 9.30 Å². The van der Waals surface area contributed by atoms with Gasteiger partial charge in [0.05, 0.1) is 16.2 Å². The average molecular weight is 511 g/mol. The van der Waals surface area contributed by atoms with Gasteiger partial charge in [0.2, 0.25) is 0 Å². The van der Waals surface area contributed by atoms with Crippen LogP contribution in [0.1, 0.15) is 48.9 Å². The van der Waals surface area contributed by atoms with Crippen LogP contribution in [0.4, 0.5) is 31.7 Å². The van der Waals surface area contributed by atoms with Crippen molar-refractivity contribution in [1.29, 1.82) is 0 Å². The maximum absolute atomic E-state index is 13.8. The maximum Gasteiger partial charge on any atom is 0.271 e. The molecule has 0 unspecified atom stereocenters. The van der Waals surface area contributed by atoms with Crippen LogP contribution in [0.15, 0.2) is 42.7 Å². The predicted molar refractivity (Wildman–Crippen MR) is 136 cm³/mol. The molecule has 1 amide bonds. The van der Waals surface area contributed by atoms with Crippen LogP contribution < -0.4 is 15.1 Å². The molecule has 37 heavy (non-hydrogen) atoms. The number of rotatable bonds is 5. The van der Waals surface area contributed by atoms with Gasteiger partial charge in [0, 0.05) is 81.4 Å². The molecule has 1 aromatic carbocycles. The van der Waals surface area contributed by atoms with Crippen LogP contribution in [0.5, 0.6) is 0 Å². The smallest absolute Gasteiger partial charge is 0.271 e. The second-order valence-corrected chi connectivity index (χ2v) is 10.5. The third-order valence-electron chi connectivity index (χ3n) is 8.12.